The maximum atomic E-state index is 10.8. The van der Waals surface area contributed by atoms with E-state index < -0.39 is 0 Å². The molecule has 0 spiro atoms. The van der Waals surface area contributed by atoms with Crippen molar-refractivity contribution in [3.8, 4) is 5.75 Å². The van der Waals surface area contributed by atoms with Crippen molar-refractivity contribution in [3.05, 3.63) is 64.4 Å². The summed E-state index contributed by atoms with van der Waals surface area (Å²) in [7, 11) is 0. The van der Waals surface area contributed by atoms with Gasteiger partial charge >= 0.3 is 0 Å². The molecular weight excluding hydrogens is 386 g/mol. The van der Waals surface area contributed by atoms with Gasteiger partial charge in [-0.25, -0.2) is 0 Å². The zero-order valence-electron chi connectivity index (χ0n) is 17.6. The molecule has 0 radical (unpaired) electrons. The van der Waals surface area contributed by atoms with E-state index in [-0.39, 0.29) is 5.84 Å². The highest BCUT2D eigenvalue weighted by Crippen LogP contribution is 2.32. The van der Waals surface area contributed by atoms with Gasteiger partial charge in [-0.1, -0.05) is 56.6 Å². The summed E-state index contributed by atoms with van der Waals surface area (Å²) in [5.41, 5.74) is 1.56. The molecule has 0 aromatic heterocycles. The molecule has 1 aromatic rings. The predicted octanol–water partition coefficient (Wildman–Crippen LogP) is 4.80. The molecule has 2 rings (SSSR count). The van der Waals surface area contributed by atoms with E-state index in [1.54, 1.807) is 0 Å². The highest BCUT2D eigenvalue weighted by molar-refractivity contribution is 8.02. The Hall–Kier alpha value is -2.67. The first-order valence-corrected chi connectivity index (χ1v) is 11.0. The monoisotopic (exact) mass is 417 g/mol. The third-order valence-corrected chi connectivity index (χ3v) is 4.39. The Balaban J connectivity index is 0.00000132. The molecule has 1 aromatic carbocycles. The highest BCUT2D eigenvalue weighted by Gasteiger charge is 2.19. The first-order valence-electron chi connectivity index (χ1n) is 9.73. The first kappa shape index (κ1) is 24.4. The van der Waals surface area contributed by atoms with Crippen LogP contribution in [-0.2, 0) is 4.79 Å². The van der Waals surface area contributed by atoms with Crippen LogP contribution in [-0.4, -0.2) is 30.3 Å². The van der Waals surface area contributed by atoms with Crippen LogP contribution in [0.1, 0.15) is 40.0 Å². The fourth-order valence-corrected chi connectivity index (χ4v) is 3.00. The zero-order chi connectivity index (χ0) is 21.5. The van der Waals surface area contributed by atoms with Crippen molar-refractivity contribution in [2.45, 2.75) is 40.0 Å². The second kappa shape index (κ2) is 14.3. The highest BCUT2D eigenvalue weighted by atomic mass is 32.2. The number of thioether (sulfide) groups is 1. The minimum absolute atomic E-state index is 0.0994. The second-order valence-corrected chi connectivity index (χ2v) is 6.99. The molecule has 1 amide bonds. The Bertz CT molecular complexity index is 756. The average Bonchev–Trinajstić information content (AvgIpc) is 2.91. The molecule has 0 saturated heterocycles. The standard InChI is InChI=1S/C19H23N3O3S.C3H8/c1-3-11-20-16-10-9-14(19(22-24)21-13-23)12-17(26-2)18(16)25-15-7-5-4-6-8-15;1-3-2/h4-9,12-13,20,24H,3,10-11H2,1-2H3,(H,21,22,23);3H2,1-2H3. The summed E-state index contributed by atoms with van der Waals surface area (Å²) in [6.45, 7) is 7.16. The minimum atomic E-state index is 0.0994. The van der Waals surface area contributed by atoms with E-state index in [9.17, 15) is 10.0 Å². The number of para-hydroxylation sites is 1. The molecule has 0 atom stereocenters. The third kappa shape index (κ3) is 8.07. The lowest BCUT2D eigenvalue weighted by Gasteiger charge is -2.17. The van der Waals surface area contributed by atoms with Gasteiger partial charge in [0.25, 0.3) is 0 Å². The van der Waals surface area contributed by atoms with Crippen LogP contribution in [0.5, 0.6) is 5.75 Å². The van der Waals surface area contributed by atoms with Crippen molar-refractivity contribution in [2.75, 3.05) is 12.8 Å². The molecule has 0 heterocycles. The molecule has 3 N–H and O–H groups in total. The van der Waals surface area contributed by atoms with Crippen LogP contribution < -0.4 is 15.4 Å². The van der Waals surface area contributed by atoms with Crippen LogP contribution in [0.15, 0.2) is 69.6 Å². The van der Waals surface area contributed by atoms with Gasteiger partial charge in [-0.05, 0) is 30.9 Å². The number of ether oxygens (including phenoxy) is 1. The van der Waals surface area contributed by atoms with E-state index in [4.69, 9.17) is 4.74 Å². The van der Waals surface area contributed by atoms with Crippen molar-refractivity contribution >= 4 is 24.0 Å². The summed E-state index contributed by atoms with van der Waals surface area (Å²) in [5, 5.41) is 18.2. The molecule has 0 unspecified atom stereocenters. The van der Waals surface area contributed by atoms with E-state index >= 15 is 0 Å². The summed E-state index contributed by atoms with van der Waals surface area (Å²) < 4.78 is 6.17. The molecule has 0 bridgehead atoms. The van der Waals surface area contributed by atoms with Gasteiger partial charge in [-0.15, -0.1) is 11.8 Å². The van der Waals surface area contributed by atoms with E-state index in [0.717, 1.165) is 35.1 Å². The maximum absolute atomic E-state index is 10.8. The summed E-state index contributed by atoms with van der Waals surface area (Å²) in [6, 6.07) is 9.57. The molecular formula is C22H31N3O3S. The number of nitrogens with one attached hydrogen (secondary N) is 2. The number of carbonyl (C=O) groups is 1. The summed E-state index contributed by atoms with van der Waals surface area (Å²) >= 11 is 1.52. The number of amides is 1. The Morgan fingerprint density at radius 2 is 1.97 bits per heavy atom. The number of hydrogen-bond acceptors (Lipinski definition) is 6. The van der Waals surface area contributed by atoms with Crippen molar-refractivity contribution in [2.24, 2.45) is 5.16 Å². The summed E-state index contributed by atoms with van der Waals surface area (Å²) in [6.07, 6.45) is 8.95. The van der Waals surface area contributed by atoms with Gasteiger partial charge in [0.1, 0.15) is 5.75 Å². The zero-order valence-corrected chi connectivity index (χ0v) is 18.4. The lowest BCUT2D eigenvalue weighted by Crippen LogP contribution is -2.23. The van der Waals surface area contributed by atoms with Gasteiger partial charge in [-0.2, -0.15) is 0 Å². The maximum Gasteiger partial charge on any atom is 0.212 e. The van der Waals surface area contributed by atoms with Crippen LogP contribution >= 0.6 is 11.8 Å². The smallest absolute Gasteiger partial charge is 0.212 e. The Morgan fingerprint density at radius 3 is 2.52 bits per heavy atom. The Labute approximate surface area is 177 Å². The number of nitrogens with zero attached hydrogens (tertiary/aromatic N) is 1. The van der Waals surface area contributed by atoms with Crippen LogP contribution in [0.3, 0.4) is 0 Å². The van der Waals surface area contributed by atoms with Crippen molar-refractivity contribution in [1.82, 2.24) is 10.6 Å². The molecule has 0 saturated carbocycles. The number of amidine groups is 1. The number of hydrogen-bond donors (Lipinski definition) is 3. The molecule has 0 aliphatic heterocycles. The van der Waals surface area contributed by atoms with Gasteiger partial charge in [0.05, 0.1) is 10.6 Å². The van der Waals surface area contributed by atoms with Gasteiger partial charge in [0, 0.05) is 18.5 Å². The number of carbonyl (C=O) groups excluding carboxylic acids is 1. The molecule has 6 nitrogen and oxygen atoms in total. The number of rotatable bonds is 8. The van der Waals surface area contributed by atoms with Crippen LogP contribution in [0.2, 0.25) is 0 Å². The van der Waals surface area contributed by atoms with E-state index in [1.165, 1.54) is 18.2 Å². The fraction of sp³-hybridized carbons (Fsp3) is 0.364. The largest absolute Gasteiger partial charge is 0.454 e. The molecule has 29 heavy (non-hydrogen) atoms. The van der Waals surface area contributed by atoms with Crippen molar-refractivity contribution in [1.29, 1.82) is 0 Å². The average molecular weight is 418 g/mol. The lowest BCUT2D eigenvalue weighted by molar-refractivity contribution is -0.108. The topological polar surface area (TPSA) is 82.9 Å². The van der Waals surface area contributed by atoms with Crippen LogP contribution in [0.25, 0.3) is 0 Å². The summed E-state index contributed by atoms with van der Waals surface area (Å²) in [4.78, 5) is 11.6. The summed E-state index contributed by atoms with van der Waals surface area (Å²) in [5.74, 6) is 1.57. The van der Waals surface area contributed by atoms with Crippen LogP contribution in [0.4, 0.5) is 0 Å². The fourth-order valence-electron chi connectivity index (χ4n) is 2.41. The molecule has 1 aliphatic carbocycles. The number of oxime groups is 1. The van der Waals surface area contributed by atoms with Crippen molar-refractivity contribution in [3.63, 3.8) is 0 Å². The van der Waals surface area contributed by atoms with Gasteiger partial charge < -0.3 is 20.6 Å². The number of benzene rings is 1. The van der Waals surface area contributed by atoms with Crippen LogP contribution in [0, 0.1) is 0 Å². The van der Waals surface area contributed by atoms with E-state index in [0.29, 0.717) is 18.4 Å². The molecule has 158 valence electrons. The number of allylic oxidation sites excluding steroid dienone is 1. The molecule has 7 heteroatoms. The normalized spacial score (nSPS) is 14.0. The van der Waals surface area contributed by atoms with Gasteiger partial charge in [-0.3, -0.25) is 4.79 Å². The molecule has 0 fully saturated rings. The second-order valence-electron chi connectivity index (χ2n) is 6.14. The minimum Gasteiger partial charge on any atom is -0.454 e. The van der Waals surface area contributed by atoms with Gasteiger partial charge in [0.2, 0.25) is 6.41 Å². The first-order chi connectivity index (χ1) is 14.1. The lowest BCUT2D eigenvalue weighted by atomic mass is 10.2. The molecule has 1 aliphatic rings. The SMILES string of the molecule is CCC.CCCNC1=C(Oc2ccccc2)C(SC)=CC(/C(=N/O)NC=O)=CC1. The third-order valence-electron chi connectivity index (χ3n) is 3.65. The quantitative estimate of drug-likeness (QED) is 0.186. The predicted molar refractivity (Wildman–Crippen MR) is 121 cm³/mol. The van der Waals surface area contributed by atoms with E-state index in [1.807, 2.05) is 48.7 Å². The van der Waals surface area contributed by atoms with Crippen molar-refractivity contribution < 1.29 is 14.7 Å². The Morgan fingerprint density at radius 1 is 1.28 bits per heavy atom. The Kier molecular flexibility index (Phi) is 12.1. The van der Waals surface area contributed by atoms with E-state index in [2.05, 4.69) is 36.6 Å². The van der Waals surface area contributed by atoms with Gasteiger partial charge in [0.15, 0.2) is 11.6 Å².